The normalized spacial score (nSPS) is 16.1. The molecule has 0 atom stereocenters. The molecule has 0 saturated heterocycles. The predicted molar refractivity (Wildman–Crippen MR) is 74.7 cm³/mol. The quantitative estimate of drug-likeness (QED) is 0.839. The molecule has 1 saturated carbocycles. The number of carbonyl (C=O) groups is 1. The third-order valence-corrected chi connectivity index (χ3v) is 3.73. The first-order valence-corrected chi connectivity index (χ1v) is 6.80. The number of nitrogens with zero attached hydrogens (tertiary/aromatic N) is 1. The van der Waals surface area contributed by atoms with Crippen LogP contribution in [-0.4, -0.2) is 18.5 Å². The lowest BCUT2D eigenvalue weighted by Crippen LogP contribution is -2.41. The number of hydrogen-bond acceptors (Lipinski definition) is 3. The minimum absolute atomic E-state index is 0.0256. The van der Waals surface area contributed by atoms with Crippen LogP contribution in [-0.2, 0) is 11.0 Å². The second kappa shape index (κ2) is 5.83. The minimum atomic E-state index is -4.53. The zero-order chi connectivity index (χ0) is 15.6. The Bertz CT molecular complexity index is 525. The lowest BCUT2D eigenvalue weighted by atomic mass is 10.1. The van der Waals surface area contributed by atoms with Crippen LogP contribution in [0.15, 0.2) is 18.2 Å². The van der Waals surface area contributed by atoms with E-state index in [0.717, 1.165) is 31.7 Å². The molecule has 0 spiro atoms. The number of rotatable bonds is 4. The average molecular weight is 301 g/mol. The second-order valence-electron chi connectivity index (χ2n) is 5.31. The fourth-order valence-electron chi connectivity index (χ4n) is 2.83. The van der Waals surface area contributed by atoms with Crippen molar-refractivity contribution in [2.75, 3.05) is 17.2 Å². The highest BCUT2D eigenvalue weighted by Crippen LogP contribution is 2.40. The third kappa shape index (κ3) is 3.59. The largest absolute Gasteiger partial charge is 0.418 e. The van der Waals surface area contributed by atoms with Crippen LogP contribution in [0.25, 0.3) is 0 Å². The summed E-state index contributed by atoms with van der Waals surface area (Å²) in [6.45, 7) is -0.225. The fourth-order valence-corrected chi connectivity index (χ4v) is 2.83. The van der Waals surface area contributed by atoms with Gasteiger partial charge < -0.3 is 16.4 Å². The smallest absolute Gasteiger partial charge is 0.399 e. The first kappa shape index (κ1) is 15.5. The average Bonchev–Trinajstić information content (AvgIpc) is 2.88. The van der Waals surface area contributed by atoms with Crippen LogP contribution in [0.2, 0.25) is 0 Å². The van der Waals surface area contributed by atoms with E-state index in [2.05, 4.69) is 0 Å². The van der Waals surface area contributed by atoms with Crippen LogP contribution in [0.4, 0.5) is 24.5 Å². The maximum absolute atomic E-state index is 13.2. The molecule has 0 bridgehead atoms. The van der Waals surface area contributed by atoms with Crippen molar-refractivity contribution in [3.63, 3.8) is 0 Å². The fraction of sp³-hybridized carbons (Fsp3) is 0.500. The summed E-state index contributed by atoms with van der Waals surface area (Å²) in [6.07, 6.45) is -1.13. The first-order valence-electron chi connectivity index (χ1n) is 6.80. The monoisotopic (exact) mass is 301 g/mol. The van der Waals surface area contributed by atoms with Crippen molar-refractivity contribution in [2.24, 2.45) is 5.73 Å². The molecule has 2 rings (SSSR count). The Balaban J connectivity index is 2.45. The summed E-state index contributed by atoms with van der Waals surface area (Å²) < 4.78 is 39.6. The topological polar surface area (TPSA) is 72.4 Å². The molecule has 4 N–H and O–H groups in total. The van der Waals surface area contributed by atoms with Crippen LogP contribution in [0, 0.1) is 0 Å². The summed E-state index contributed by atoms with van der Waals surface area (Å²) in [5, 5.41) is 0. The summed E-state index contributed by atoms with van der Waals surface area (Å²) in [5.41, 5.74) is 9.86. The number of primary amides is 1. The maximum Gasteiger partial charge on any atom is 0.418 e. The van der Waals surface area contributed by atoms with Gasteiger partial charge in [0, 0.05) is 17.4 Å². The number of alkyl halides is 3. The molecule has 0 radical (unpaired) electrons. The van der Waals surface area contributed by atoms with Crippen molar-refractivity contribution >= 4 is 17.3 Å². The molecule has 4 nitrogen and oxygen atoms in total. The molecule has 1 amide bonds. The first-order chi connectivity index (χ1) is 9.79. The molecule has 0 heterocycles. The van der Waals surface area contributed by atoms with Crippen LogP contribution in [0.3, 0.4) is 0 Å². The van der Waals surface area contributed by atoms with E-state index in [1.54, 1.807) is 0 Å². The summed E-state index contributed by atoms with van der Waals surface area (Å²) in [4.78, 5) is 12.7. The van der Waals surface area contributed by atoms with Crippen molar-refractivity contribution in [3.05, 3.63) is 23.8 Å². The van der Waals surface area contributed by atoms with Crippen LogP contribution in [0.5, 0.6) is 0 Å². The number of anilines is 2. The molecule has 21 heavy (non-hydrogen) atoms. The Morgan fingerprint density at radius 3 is 2.43 bits per heavy atom. The highest BCUT2D eigenvalue weighted by Gasteiger charge is 2.37. The van der Waals surface area contributed by atoms with Gasteiger partial charge in [-0.1, -0.05) is 12.8 Å². The highest BCUT2D eigenvalue weighted by atomic mass is 19.4. The van der Waals surface area contributed by atoms with Gasteiger partial charge in [-0.25, -0.2) is 0 Å². The van der Waals surface area contributed by atoms with Gasteiger partial charge in [0.25, 0.3) is 0 Å². The Morgan fingerprint density at radius 2 is 1.90 bits per heavy atom. The Labute approximate surface area is 120 Å². The molecule has 1 aromatic rings. The van der Waals surface area contributed by atoms with Crippen molar-refractivity contribution < 1.29 is 18.0 Å². The molecule has 1 aliphatic carbocycles. The molecule has 0 aromatic heterocycles. The van der Waals surface area contributed by atoms with Crippen LogP contribution < -0.4 is 16.4 Å². The van der Waals surface area contributed by atoms with Crippen molar-refractivity contribution in [1.82, 2.24) is 0 Å². The number of nitrogen functional groups attached to an aromatic ring is 1. The summed E-state index contributed by atoms with van der Waals surface area (Å²) in [5.74, 6) is -0.646. The van der Waals surface area contributed by atoms with E-state index in [0.29, 0.717) is 0 Å². The zero-order valence-corrected chi connectivity index (χ0v) is 11.5. The van der Waals surface area contributed by atoms with Crippen molar-refractivity contribution in [1.29, 1.82) is 0 Å². The molecule has 0 aliphatic heterocycles. The number of halogens is 3. The number of hydrogen-bond donors (Lipinski definition) is 2. The minimum Gasteiger partial charge on any atom is -0.399 e. The summed E-state index contributed by atoms with van der Waals surface area (Å²) in [6, 6.07) is 3.54. The van der Waals surface area contributed by atoms with Gasteiger partial charge in [0.2, 0.25) is 5.91 Å². The number of amides is 1. The van der Waals surface area contributed by atoms with E-state index >= 15 is 0 Å². The Morgan fingerprint density at radius 1 is 1.29 bits per heavy atom. The highest BCUT2D eigenvalue weighted by molar-refractivity contribution is 5.80. The Hall–Kier alpha value is -1.92. The van der Waals surface area contributed by atoms with E-state index in [-0.39, 0.29) is 24.0 Å². The van der Waals surface area contributed by atoms with E-state index in [9.17, 15) is 18.0 Å². The zero-order valence-electron chi connectivity index (χ0n) is 11.5. The van der Waals surface area contributed by atoms with Gasteiger partial charge in [0.15, 0.2) is 0 Å². The molecule has 1 aliphatic rings. The molecular formula is C14H18F3N3O. The standard InChI is InChI=1S/C14H18F3N3O/c15-14(16,17)11-7-9(18)5-6-12(11)20(8-13(19)21)10-3-1-2-4-10/h5-7,10H,1-4,8,18H2,(H2,19,21). The second-order valence-corrected chi connectivity index (χ2v) is 5.31. The van der Waals surface area contributed by atoms with E-state index in [1.807, 2.05) is 0 Å². The summed E-state index contributed by atoms with van der Waals surface area (Å²) in [7, 11) is 0. The van der Waals surface area contributed by atoms with Crippen molar-refractivity contribution in [2.45, 2.75) is 37.9 Å². The molecule has 1 fully saturated rings. The predicted octanol–water partition coefficient (Wildman–Crippen LogP) is 2.52. The molecule has 116 valence electrons. The summed E-state index contributed by atoms with van der Waals surface area (Å²) >= 11 is 0. The van der Waals surface area contributed by atoms with Gasteiger partial charge in [-0.2, -0.15) is 13.2 Å². The number of nitrogens with two attached hydrogens (primary N) is 2. The van der Waals surface area contributed by atoms with Crippen LogP contribution >= 0.6 is 0 Å². The van der Waals surface area contributed by atoms with Gasteiger partial charge in [-0.15, -0.1) is 0 Å². The molecule has 0 unspecified atom stereocenters. The lowest BCUT2D eigenvalue weighted by molar-refractivity contribution is -0.137. The maximum atomic E-state index is 13.2. The van der Waals surface area contributed by atoms with Gasteiger partial charge in [0.1, 0.15) is 0 Å². The van der Waals surface area contributed by atoms with Gasteiger partial charge in [-0.05, 0) is 31.0 Å². The number of benzene rings is 1. The van der Waals surface area contributed by atoms with Gasteiger partial charge >= 0.3 is 6.18 Å². The van der Waals surface area contributed by atoms with E-state index in [4.69, 9.17) is 11.5 Å². The van der Waals surface area contributed by atoms with E-state index in [1.165, 1.54) is 17.0 Å². The molecular weight excluding hydrogens is 283 g/mol. The lowest BCUT2D eigenvalue weighted by Gasteiger charge is -2.32. The third-order valence-electron chi connectivity index (χ3n) is 3.73. The number of carbonyl (C=O) groups excluding carboxylic acids is 1. The van der Waals surface area contributed by atoms with E-state index < -0.39 is 17.6 Å². The van der Waals surface area contributed by atoms with Crippen LogP contribution in [0.1, 0.15) is 31.2 Å². The Kier molecular flexibility index (Phi) is 4.29. The van der Waals surface area contributed by atoms with Gasteiger partial charge in [0.05, 0.1) is 12.1 Å². The molecule has 1 aromatic carbocycles. The SMILES string of the molecule is NC(=O)CN(c1ccc(N)cc1C(F)(F)F)C1CCCC1. The molecule has 7 heteroatoms. The van der Waals surface area contributed by atoms with Crippen molar-refractivity contribution in [3.8, 4) is 0 Å². The van der Waals surface area contributed by atoms with Gasteiger partial charge in [-0.3, -0.25) is 4.79 Å².